The van der Waals surface area contributed by atoms with E-state index in [0.29, 0.717) is 37.1 Å². The summed E-state index contributed by atoms with van der Waals surface area (Å²) in [5.41, 5.74) is 2.09. The van der Waals surface area contributed by atoms with E-state index in [9.17, 15) is 18.0 Å². The van der Waals surface area contributed by atoms with Crippen LogP contribution in [-0.4, -0.2) is 50.5 Å². The number of hydrogen-bond acceptors (Lipinski definition) is 4. The second kappa shape index (κ2) is 10.1. The highest BCUT2D eigenvalue weighted by atomic mass is 32.2. The van der Waals surface area contributed by atoms with Crippen LogP contribution in [0.4, 0.5) is 0 Å². The molecule has 1 unspecified atom stereocenters. The lowest BCUT2D eigenvalue weighted by molar-refractivity contribution is -0.134. The number of amides is 2. The number of nitrogens with one attached hydrogen (secondary N) is 1. The van der Waals surface area contributed by atoms with E-state index in [-0.39, 0.29) is 29.5 Å². The number of likely N-dealkylation sites (tertiary alicyclic amines) is 1. The maximum atomic E-state index is 13.0. The summed E-state index contributed by atoms with van der Waals surface area (Å²) in [7, 11) is -3.16. The van der Waals surface area contributed by atoms with Gasteiger partial charge in [-0.15, -0.1) is 0 Å². The Kier molecular flexibility index (Phi) is 7.49. The highest BCUT2D eigenvalue weighted by molar-refractivity contribution is 7.89. The normalized spacial score (nSPS) is 16.0. The number of carbonyl (C=O) groups is 2. The first-order valence-corrected chi connectivity index (χ1v) is 12.7. The lowest BCUT2D eigenvalue weighted by Crippen LogP contribution is -2.47. The molecule has 0 aliphatic carbocycles. The van der Waals surface area contributed by atoms with Crippen LogP contribution in [0.2, 0.25) is 0 Å². The Hall–Kier alpha value is -2.67. The number of benzene rings is 2. The van der Waals surface area contributed by atoms with Crippen molar-refractivity contribution in [3.63, 3.8) is 0 Å². The van der Waals surface area contributed by atoms with Crippen molar-refractivity contribution in [3.8, 4) is 0 Å². The largest absolute Gasteiger partial charge is 0.349 e. The molecule has 31 heavy (non-hydrogen) atoms. The van der Waals surface area contributed by atoms with E-state index < -0.39 is 9.84 Å². The molecule has 0 spiro atoms. The van der Waals surface area contributed by atoms with Crippen LogP contribution < -0.4 is 5.32 Å². The average Bonchev–Trinajstić information content (AvgIpc) is 2.74. The van der Waals surface area contributed by atoms with Gasteiger partial charge in [-0.2, -0.15) is 0 Å². The first kappa shape index (κ1) is 23.0. The van der Waals surface area contributed by atoms with E-state index in [1.165, 1.54) is 6.26 Å². The van der Waals surface area contributed by atoms with Gasteiger partial charge in [0.25, 0.3) is 5.91 Å². The molecule has 1 saturated heterocycles. The molecule has 2 aromatic carbocycles. The minimum atomic E-state index is -3.16. The molecule has 0 radical (unpaired) electrons. The third-order valence-electron chi connectivity index (χ3n) is 5.67. The van der Waals surface area contributed by atoms with Crippen LogP contribution in [0.5, 0.6) is 0 Å². The molecule has 1 fully saturated rings. The van der Waals surface area contributed by atoms with Gasteiger partial charge in [0.2, 0.25) is 5.91 Å². The summed E-state index contributed by atoms with van der Waals surface area (Å²) in [4.78, 5) is 27.6. The molecule has 1 heterocycles. The Morgan fingerprint density at radius 3 is 2.35 bits per heavy atom. The van der Waals surface area contributed by atoms with Gasteiger partial charge in [-0.1, -0.05) is 49.4 Å². The van der Waals surface area contributed by atoms with Crippen LogP contribution in [0, 0.1) is 0 Å². The molecule has 0 saturated carbocycles. The van der Waals surface area contributed by atoms with Crippen LogP contribution in [0.15, 0.2) is 54.6 Å². The van der Waals surface area contributed by atoms with Crippen molar-refractivity contribution in [2.45, 2.75) is 43.9 Å². The van der Waals surface area contributed by atoms with E-state index in [4.69, 9.17) is 0 Å². The Morgan fingerprint density at radius 2 is 1.74 bits per heavy atom. The zero-order valence-corrected chi connectivity index (χ0v) is 18.9. The van der Waals surface area contributed by atoms with Crippen molar-refractivity contribution in [2.24, 2.45) is 0 Å². The predicted molar refractivity (Wildman–Crippen MR) is 122 cm³/mol. The Morgan fingerprint density at radius 1 is 1.06 bits per heavy atom. The van der Waals surface area contributed by atoms with Crippen LogP contribution in [0.3, 0.4) is 0 Å². The highest BCUT2D eigenvalue weighted by Crippen LogP contribution is 2.24. The molecule has 0 aromatic heterocycles. The lowest BCUT2D eigenvalue weighted by atomic mass is 9.93. The molecule has 166 valence electrons. The Bertz CT molecular complexity index is 1010. The van der Waals surface area contributed by atoms with Crippen LogP contribution in [-0.2, 0) is 20.4 Å². The van der Waals surface area contributed by atoms with E-state index >= 15 is 0 Å². The fourth-order valence-electron chi connectivity index (χ4n) is 4.08. The summed E-state index contributed by atoms with van der Waals surface area (Å²) in [5, 5.41) is 3.03. The minimum absolute atomic E-state index is 0.00749. The molecule has 1 aliphatic rings. The topological polar surface area (TPSA) is 83.6 Å². The fourth-order valence-corrected chi connectivity index (χ4v) is 4.86. The molecular formula is C24H30N2O4S. The molecule has 3 rings (SSSR count). The SMILES string of the molecule is CCC(C(=O)N1CCC(NC(=O)c2cccc(CS(C)(=O)=O)c2)CC1)c1ccccc1. The van der Waals surface area contributed by atoms with E-state index in [1.807, 2.05) is 42.2 Å². The summed E-state index contributed by atoms with van der Waals surface area (Å²) in [6, 6.07) is 16.6. The second-order valence-electron chi connectivity index (χ2n) is 8.22. The molecule has 6 nitrogen and oxygen atoms in total. The van der Waals surface area contributed by atoms with Gasteiger partial charge in [-0.05, 0) is 42.5 Å². The number of hydrogen-bond donors (Lipinski definition) is 1. The van der Waals surface area contributed by atoms with Gasteiger partial charge >= 0.3 is 0 Å². The third kappa shape index (κ3) is 6.40. The van der Waals surface area contributed by atoms with Gasteiger partial charge in [-0.25, -0.2) is 8.42 Å². The van der Waals surface area contributed by atoms with Gasteiger partial charge < -0.3 is 10.2 Å². The maximum absolute atomic E-state index is 13.0. The monoisotopic (exact) mass is 442 g/mol. The summed E-state index contributed by atoms with van der Waals surface area (Å²) >= 11 is 0. The van der Waals surface area contributed by atoms with Crippen molar-refractivity contribution in [2.75, 3.05) is 19.3 Å². The first-order valence-electron chi connectivity index (χ1n) is 10.7. The number of carbonyl (C=O) groups excluding carboxylic acids is 2. The first-order chi connectivity index (χ1) is 14.8. The standard InChI is InChI=1S/C24H30N2O4S/c1-3-22(19-9-5-4-6-10-19)24(28)26-14-12-21(13-15-26)25-23(27)20-11-7-8-18(16-20)17-31(2,29)30/h4-11,16,21-22H,3,12-15,17H2,1-2H3,(H,25,27). The van der Waals surface area contributed by atoms with Gasteiger partial charge in [0.05, 0.1) is 11.7 Å². The van der Waals surface area contributed by atoms with Crippen LogP contribution in [0.25, 0.3) is 0 Å². The maximum Gasteiger partial charge on any atom is 0.251 e. The number of nitrogens with zero attached hydrogens (tertiary/aromatic N) is 1. The molecular weight excluding hydrogens is 412 g/mol. The molecule has 2 aromatic rings. The average molecular weight is 443 g/mol. The summed E-state index contributed by atoms with van der Waals surface area (Å²) in [5.74, 6) is -0.290. The van der Waals surface area contributed by atoms with Crippen LogP contribution >= 0.6 is 0 Å². The zero-order valence-electron chi connectivity index (χ0n) is 18.1. The summed E-state index contributed by atoms with van der Waals surface area (Å²) in [6.07, 6.45) is 3.33. The molecule has 1 aliphatic heterocycles. The number of piperidine rings is 1. The predicted octanol–water partition coefficient (Wildman–Crippen LogP) is 3.15. The van der Waals surface area contributed by atoms with Gasteiger partial charge in [0.1, 0.15) is 0 Å². The lowest BCUT2D eigenvalue weighted by Gasteiger charge is -2.34. The van der Waals surface area contributed by atoms with Crippen molar-refractivity contribution >= 4 is 21.7 Å². The van der Waals surface area contributed by atoms with Crippen LogP contribution in [0.1, 0.15) is 53.6 Å². The minimum Gasteiger partial charge on any atom is -0.349 e. The fraction of sp³-hybridized carbons (Fsp3) is 0.417. The van der Waals surface area contributed by atoms with Gasteiger partial charge in [0.15, 0.2) is 9.84 Å². The number of rotatable bonds is 7. The second-order valence-corrected chi connectivity index (χ2v) is 10.4. The van der Waals surface area contributed by atoms with Crippen molar-refractivity contribution in [3.05, 3.63) is 71.3 Å². The van der Waals surface area contributed by atoms with Gasteiger partial charge in [-0.3, -0.25) is 9.59 Å². The molecule has 1 N–H and O–H groups in total. The van der Waals surface area contributed by atoms with Crippen molar-refractivity contribution < 1.29 is 18.0 Å². The molecule has 0 bridgehead atoms. The van der Waals surface area contributed by atoms with Crippen molar-refractivity contribution in [1.82, 2.24) is 10.2 Å². The molecule has 2 amide bonds. The van der Waals surface area contributed by atoms with Crippen molar-refractivity contribution in [1.29, 1.82) is 0 Å². The summed E-state index contributed by atoms with van der Waals surface area (Å²) in [6.45, 7) is 3.25. The third-order valence-corrected chi connectivity index (χ3v) is 6.53. The Labute approximate surface area is 184 Å². The van der Waals surface area contributed by atoms with E-state index in [1.54, 1.807) is 24.3 Å². The summed E-state index contributed by atoms with van der Waals surface area (Å²) < 4.78 is 23.0. The molecule has 7 heteroatoms. The van der Waals surface area contributed by atoms with E-state index in [0.717, 1.165) is 12.0 Å². The zero-order chi connectivity index (χ0) is 22.4. The highest BCUT2D eigenvalue weighted by Gasteiger charge is 2.29. The Balaban J connectivity index is 1.56. The number of sulfone groups is 1. The van der Waals surface area contributed by atoms with Gasteiger partial charge in [0, 0.05) is 31.0 Å². The molecule has 1 atom stereocenters. The van der Waals surface area contributed by atoms with E-state index in [2.05, 4.69) is 5.32 Å². The smallest absolute Gasteiger partial charge is 0.251 e. The quantitative estimate of drug-likeness (QED) is 0.714.